The number of methoxy groups -OCH3 is 2. The zero-order valence-electron chi connectivity index (χ0n) is 13.1. The van der Waals surface area contributed by atoms with Gasteiger partial charge in [-0.15, -0.1) is 0 Å². The molecule has 0 amide bonds. The summed E-state index contributed by atoms with van der Waals surface area (Å²) in [6, 6.07) is 4.04. The van der Waals surface area contributed by atoms with Crippen molar-refractivity contribution in [2.75, 3.05) is 14.2 Å². The maximum absolute atomic E-state index is 13.9. The molecule has 8 heteroatoms. The number of carboxylic acid groups (broad SMARTS) is 1. The van der Waals surface area contributed by atoms with Gasteiger partial charge in [0, 0.05) is 19.5 Å². The van der Waals surface area contributed by atoms with Crippen LogP contribution in [0.2, 0.25) is 0 Å². The molecule has 2 aromatic rings. The van der Waals surface area contributed by atoms with Gasteiger partial charge in [-0.3, -0.25) is 4.68 Å². The summed E-state index contributed by atoms with van der Waals surface area (Å²) in [5.74, 6) is -4.31. The van der Waals surface area contributed by atoms with Gasteiger partial charge in [0.05, 0.1) is 25.5 Å². The number of ether oxygens (including phenoxy) is 2. The van der Waals surface area contributed by atoms with Gasteiger partial charge >= 0.3 is 5.97 Å². The number of aromatic carboxylic acids is 1. The normalized spacial score (nSPS) is 11.4. The van der Waals surface area contributed by atoms with Crippen LogP contribution < -0.4 is 9.47 Å². The monoisotopic (exact) mass is 326 g/mol. The van der Waals surface area contributed by atoms with Gasteiger partial charge in [-0.05, 0) is 18.2 Å². The maximum atomic E-state index is 13.9. The van der Waals surface area contributed by atoms with Crippen molar-refractivity contribution in [3.63, 3.8) is 0 Å². The first-order valence-corrected chi connectivity index (χ1v) is 6.61. The summed E-state index contributed by atoms with van der Waals surface area (Å²) in [4.78, 5) is 11.0. The van der Waals surface area contributed by atoms with Gasteiger partial charge in [0.2, 0.25) is 0 Å². The summed E-state index contributed by atoms with van der Waals surface area (Å²) in [6.45, 7) is 0.750. The Bertz CT molecular complexity index is 751. The van der Waals surface area contributed by atoms with E-state index in [0.29, 0.717) is 11.3 Å². The lowest BCUT2D eigenvalue weighted by atomic mass is 10.0. The smallest absolute Gasteiger partial charge is 0.356 e. The average Bonchev–Trinajstić information content (AvgIpc) is 2.87. The second-order valence-corrected chi connectivity index (χ2v) is 4.99. The molecule has 1 aromatic heterocycles. The summed E-state index contributed by atoms with van der Waals surface area (Å²) in [5.41, 5.74) is 0.185. The summed E-state index contributed by atoms with van der Waals surface area (Å²) in [7, 11) is 4.15. The number of aromatic nitrogens is 2. The lowest BCUT2D eigenvalue weighted by Crippen LogP contribution is -2.11. The zero-order chi connectivity index (χ0) is 17.4. The highest BCUT2D eigenvalue weighted by Gasteiger charge is 2.32. The summed E-state index contributed by atoms with van der Waals surface area (Å²) >= 11 is 0. The van der Waals surface area contributed by atoms with Crippen molar-refractivity contribution in [3.8, 4) is 22.8 Å². The Morgan fingerprint density at radius 2 is 1.91 bits per heavy atom. The largest absolute Gasteiger partial charge is 0.493 e. The van der Waals surface area contributed by atoms with E-state index in [1.165, 1.54) is 44.1 Å². The number of hydrogen-bond donors (Lipinski definition) is 1. The first-order valence-electron chi connectivity index (χ1n) is 6.61. The number of benzene rings is 1. The van der Waals surface area contributed by atoms with E-state index < -0.39 is 11.9 Å². The maximum Gasteiger partial charge on any atom is 0.356 e. The van der Waals surface area contributed by atoms with Gasteiger partial charge in [-0.2, -0.15) is 5.10 Å². The molecule has 0 saturated heterocycles. The predicted octanol–water partition coefficient (Wildman–Crippen LogP) is 2.91. The molecule has 1 heterocycles. The second-order valence-electron chi connectivity index (χ2n) is 4.99. The van der Waals surface area contributed by atoms with Gasteiger partial charge in [-0.1, -0.05) is 0 Å². The van der Waals surface area contributed by atoms with Crippen LogP contribution >= 0.6 is 0 Å². The second kappa shape index (κ2) is 5.86. The summed E-state index contributed by atoms with van der Waals surface area (Å²) in [6.07, 6.45) is 0. The number of rotatable bonds is 5. The topological polar surface area (TPSA) is 73.6 Å². The number of halogens is 2. The summed E-state index contributed by atoms with van der Waals surface area (Å²) < 4.78 is 39.3. The van der Waals surface area contributed by atoms with Crippen LogP contribution in [0, 0.1) is 0 Å². The Balaban J connectivity index is 2.71. The number of carbonyl (C=O) groups is 1. The number of nitrogens with zero attached hydrogens (tertiary/aromatic N) is 2. The van der Waals surface area contributed by atoms with Crippen molar-refractivity contribution in [2.45, 2.75) is 12.8 Å². The third-order valence-corrected chi connectivity index (χ3v) is 3.35. The Morgan fingerprint density at radius 1 is 1.26 bits per heavy atom. The van der Waals surface area contributed by atoms with Crippen molar-refractivity contribution >= 4 is 5.97 Å². The van der Waals surface area contributed by atoms with E-state index in [4.69, 9.17) is 14.6 Å². The number of hydrogen-bond acceptors (Lipinski definition) is 4. The molecule has 0 radical (unpaired) electrons. The Labute approximate surface area is 131 Å². The van der Waals surface area contributed by atoms with E-state index in [-0.39, 0.29) is 22.8 Å². The van der Waals surface area contributed by atoms with Gasteiger partial charge in [0.1, 0.15) is 0 Å². The zero-order valence-corrected chi connectivity index (χ0v) is 13.1. The van der Waals surface area contributed by atoms with Gasteiger partial charge < -0.3 is 14.6 Å². The first-order chi connectivity index (χ1) is 10.7. The van der Waals surface area contributed by atoms with E-state index in [1.807, 2.05) is 0 Å². The lowest BCUT2D eigenvalue weighted by molar-refractivity contribution is 0.0147. The molecule has 1 aromatic carbocycles. The van der Waals surface area contributed by atoms with Crippen LogP contribution in [0.4, 0.5) is 8.78 Å². The third-order valence-electron chi connectivity index (χ3n) is 3.35. The van der Waals surface area contributed by atoms with Gasteiger partial charge in [0.25, 0.3) is 5.92 Å². The van der Waals surface area contributed by atoms with Crippen LogP contribution in [0.25, 0.3) is 11.3 Å². The molecule has 0 bridgehead atoms. The van der Waals surface area contributed by atoms with Crippen LogP contribution in [0.3, 0.4) is 0 Å². The van der Waals surface area contributed by atoms with Crippen molar-refractivity contribution in [1.29, 1.82) is 0 Å². The summed E-state index contributed by atoms with van der Waals surface area (Å²) in [5, 5.41) is 12.8. The van der Waals surface area contributed by atoms with Crippen molar-refractivity contribution < 1.29 is 28.2 Å². The van der Waals surface area contributed by atoms with E-state index >= 15 is 0 Å². The highest BCUT2D eigenvalue weighted by Crippen LogP contribution is 2.43. The van der Waals surface area contributed by atoms with Crippen LogP contribution in [0.1, 0.15) is 23.0 Å². The molecule has 124 valence electrons. The molecule has 1 N–H and O–H groups in total. The fourth-order valence-electron chi connectivity index (χ4n) is 2.28. The van der Waals surface area contributed by atoms with Gasteiger partial charge in [-0.25, -0.2) is 13.6 Å². The van der Waals surface area contributed by atoms with E-state index in [2.05, 4.69) is 5.10 Å². The molecule has 0 aliphatic carbocycles. The Morgan fingerprint density at radius 3 is 2.35 bits per heavy atom. The van der Waals surface area contributed by atoms with E-state index in [9.17, 15) is 13.6 Å². The fraction of sp³-hybridized carbons (Fsp3) is 0.333. The molecule has 0 saturated carbocycles. The SMILES string of the molecule is COc1cc(-c2cc(C(=O)O)nn2C)cc(C(C)(F)F)c1OC. The average molecular weight is 326 g/mol. The fourth-order valence-corrected chi connectivity index (χ4v) is 2.28. The highest BCUT2D eigenvalue weighted by molar-refractivity contribution is 5.87. The number of carboxylic acids is 1. The molecule has 0 fully saturated rings. The highest BCUT2D eigenvalue weighted by atomic mass is 19.3. The molecule has 0 aliphatic rings. The lowest BCUT2D eigenvalue weighted by Gasteiger charge is -2.19. The minimum absolute atomic E-state index is 0.0654. The third kappa shape index (κ3) is 3.10. The quantitative estimate of drug-likeness (QED) is 0.914. The molecule has 23 heavy (non-hydrogen) atoms. The van der Waals surface area contributed by atoms with Gasteiger partial charge in [0.15, 0.2) is 17.2 Å². The molecule has 0 atom stereocenters. The Kier molecular flexibility index (Phi) is 4.26. The first kappa shape index (κ1) is 16.7. The van der Waals surface area contributed by atoms with Crippen LogP contribution in [-0.2, 0) is 13.0 Å². The van der Waals surface area contributed by atoms with Crippen molar-refractivity contribution in [2.24, 2.45) is 7.05 Å². The standard InChI is InChI=1S/C15H16F2N2O4/c1-15(16,17)9-5-8(6-12(22-3)13(9)23-4)11-7-10(14(20)21)18-19(11)2/h5-7H,1-4H3,(H,20,21). The Hall–Kier alpha value is -2.64. The molecule has 0 aliphatic heterocycles. The minimum Gasteiger partial charge on any atom is -0.493 e. The predicted molar refractivity (Wildman–Crippen MR) is 78.3 cm³/mol. The van der Waals surface area contributed by atoms with Crippen LogP contribution in [0.5, 0.6) is 11.5 Å². The molecular formula is C15H16F2N2O4. The molecule has 2 rings (SSSR count). The van der Waals surface area contributed by atoms with Crippen LogP contribution in [0.15, 0.2) is 18.2 Å². The van der Waals surface area contributed by atoms with E-state index in [1.54, 1.807) is 0 Å². The molecule has 0 unspecified atom stereocenters. The number of aryl methyl sites for hydroxylation is 1. The minimum atomic E-state index is -3.16. The molecule has 6 nitrogen and oxygen atoms in total. The van der Waals surface area contributed by atoms with E-state index in [0.717, 1.165) is 6.92 Å². The number of alkyl halides is 2. The van der Waals surface area contributed by atoms with Crippen LogP contribution in [-0.4, -0.2) is 35.1 Å². The molecule has 0 spiro atoms. The van der Waals surface area contributed by atoms with Crippen molar-refractivity contribution in [1.82, 2.24) is 9.78 Å². The molecular weight excluding hydrogens is 310 g/mol. The van der Waals surface area contributed by atoms with Crippen molar-refractivity contribution in [3.05, 3.63) is 29.5 Å².